The van der Waals surface area contributed by atoms with Crippen LogP contribution in [0.25, 0.3) is 0 Å². The Hall–Kier alpha value is -3.42. The van der Waals surface area contributed by atoms with Crippen molar-refractivity contribution < 1.29 is 22.7 Å². The molecule has 0 fully saturated rings. The zero-order chi connectivity index (χ0) is 21.7. The van der Waals surface area contributed by atoms with Gasteiger partial charge in [0.1, 0.15) is 11.9 Å². The largest absolute Gasteiger partial charge is 0.456 e. The Labute approximate surface area is 177 Å². The van der Waals surface area contributed by atoms with Gasteiger partial charge in [0.25, 0.3) is 15.9 Å². The number of benzene rings is 2. The summed E-state index contributed by atoms with van der Waals surface area (Å²) in [7, 11) is -3.65. The Bertz CT molecular complexity index is 1190. The highest BCUT2D eigenvalue weighted by Gasteiger charge is 2.29. The summed E-state index contributed by atoms with van der Waals surface area (Å²) in [6.45, 7) is -0.582. The average molecular weight is 447 g/mol. The van der Waals surface area contributed by atoms with Crippen molar-refractivity contribution in [2.24, 2.45) is 4.99 Å². The summed E-state index contributed by atoms with van der Waals surface area (Å²) < 4.78 is 31.2. The predicted molar refractivity (Wildman–Crippen MR) is 109 cm³/mol. The fraction of sp³-hybridized carbons (Fsp3) is 0.158. The number of sulfonamides is 1. The van der Waals surface area contributed by atoms with Gasteiger partial charge >= 0.3 is 5.97 Å². The minimum absolute atomic E-state index is 0.0283. The minimum atomic E-state index is -3.65. The normalized spacial score (nSPS) is 15.0. The van der Waals surface area contributed by atoms with Gasteiger partial charge in [0.15, 0.2) is 6.61 Å². The van der Waals surface area contributed by atoms with Crippen LogP contribution in [0.15, 0.2) is 52.4 Å². The van der Waals surface area contributed by atoms with Crippen molar-refractivity contribution in [3.05, 3.63) is 58.6 Å². The molecule has 0 saturated heterocycles. The number of esters is 1. The first-order chi connectivity index (χ1) is 14.3. The van der Waals surface area contributed by atoms with Gasteiger partial charge in [-0.25, -0.2) is 8.42 Å². The van der Waals surface area contributed by atoms with Gasteiger partial charge in [0.05, 0.1) is 29.1 Å². The van der Waals surface area contributed by atoms with Crippen LogP contribution in [0.3, 0.4) is 0 Å². The van der Waals surface area contributed by atoms with Crippen molar-refractivity contribution in [1.29, 1.82) is 5.26 Å². The first-order valence-electron chi connectivity index (χ1n) is 8.62. The number of amides is 1. The van der Waals surface area contributed by atoms with Crippen molar-refractivity contribution in [2.45, 2.75) is 11.3 Å². The molecule has 0 atom stereocenters. The van der Waals surface area contributed by atoms with Gasteiger partial charge in [-0.2, -0.15) is 5.26 Å². The van der Waals surface area contributed by atoms with E-state index in [1.807, 2.05) is 6.07 Å². The van der Waals surface area contributed by atoms with E-state index in [1.165, 1.54) is 24.3 Å². The van der Waals surface area contributed by atoms with E-state index in [0.717, 1.165) is 0 Å². The van der Waals surface area contributed by atoms with Crippen molar-refractivity contribution in [1.82, 2.24) is 4.72 Å². The first-order valence-corrected chi connectivity index (χ1v) is 10.5. The maximum atomic E-state index is 12.0. The summed E-state index contributed by atoms with van der Waals surface area (Å²) in [6, 6.07) is 12.7. The molecule has 2 aromatic carbocycles. The molecular formula is C19H15ClN4O5S. The smallest absolute Gasteiger partial charge is 0.308 e. The van der Waals surface area contributed by atoms with E-state index in [-0.39, 0.29) is 34.9 Å². The number of nitrogens with zero attached hydrogens (tertiary/aromatic N) is 2. The summed E-state index contributed by atoms with van der Waals surface area (Å²) in [6.07, 6.45) is -0.152. The fourth-order valence-corrected chi connectivity index (χ4v) is 4.06. The molecule has 0 aliphatic carbocycles. The highest BCUT2D eigenvalue weighted by molar-refractivity contribution is 7.90. The Morgan fingerprint density at radius 3 is 2.77 bits per heavy atom. The lowest BCUT2D eigenvalue weighted by Crippen LogP contribution is -2.23. The lowest BCUT2D eigenvalue weighted by molar-refractivity contribution is -0.147. The predicted octanol–water partition coefficient (Wildman–Crippen LogP) is 1.82. The molecule has 9 nitrogen and oxygen atoms in total. The molecular weight excluding hydrogens is 432 g/mol. The second kappa shape index (κ2) is 8.94. The van der Waals surface area contributed by atoms with Crippen LogP contribution in [0.5, 0.6) is 0 Å². The number of nitriles is 1. The van der Waals surface area contributed by atoms with Gasteiger partial charge in [-0.15, -0.1) is 0 Å². The molecule has 154 valence electrons. The molecule has 2 aromatic rings. The number of fused-ring (bicyclic) bond motifs is 1. The summed E-state index contributed by atoms with van der Waals surface area (Å²) in [5.41, 5.74) is 0.860. The quantitative estimate of drug-likeness (QED) is 0.649. The summed E-state index contributed by atoms with van der Waals surface area (Å²) in [4.78, 5) is 28.0. The molecule has 1 aliphatic rings. The Kier molecular flexibility index (Phi) is 6.34. The molecule has 0 radical (unpaired) electrons. The molecule has 11 heteroatoms. The van der Waals surface area contributed by atoms with Crippen molar-refractivity contribution >= 4 is 45.0 Å². The second-order valence-corrected chi connectivity index (χ2v) is 8.18. The number of halogens is 1. The number of anilines is 1. The number of hydrogen-bond donors (Lipinski definition) is 2. The van der Waals surface area contributed by atoms with E-state index in [9.17, 15) is 18.0 Å². The molecule has 30 heavy (non-hydrogen) atoms. The van der Waals surface area contributed by atoms with Gasteiger partial charge in [0.2, 0.25) is 0 Å². The van der Waals surface area contributed by atoms with Crippen LogP contribution in [0.2, 0.25) is 5.02 Å². The van der Waals surface area contributed by atoms with Crippen LogP contribution in [0.4, 0.5) is 5.69 Å². The number of carbonyl (C=O) groups is 2. The molecule has 3 rings (SSSR count). The molecule has 0 aromatic heterocycles. The van der Waals surface area contributed by atoms with Crippen LogP contribution in [-0.4, -0.2) is 39.3 Å². The Balaban J connectivity index is 1.50. The highest BCUT2D eigenvalue weighted by atomic mass is 35.5. The van der Waals surface area contributed by atoms with E-state index in [0.29, 0.717) is 10.6 Å². The standard InChI is InChI=1S/C19H15ClN4O5S/c20-13-6-5-12(10-21)15(9-13)23-17(25)11-29-18(26)7-8-22-19-14-3-1-2-4-16(14)30(27,28)24-19/h1-6,9H,7-8,11H2,(H,22,24)(H,23,25). The van der Waals surface area contributed by atoms with Crippen LogP contribution < -0.4 is 10.0 Å². The van der Waals surface area contributed by atoms with Crippen LogP contribution >= 0.6 is 11.6 Å². The monoisotopic (exact) mass is 446 g/mol. The van der Waals surface area contributed by atoms with Gasteiger partial charge in [-0.1, -0.05) is 23.7 Å². The van der Waals surface area contributed by atoms with Gasteiger partial charge in [-0.05, 0) is 30.3 Å². The lowest BCUT2D eigenvalue weighted by Gasteiger charge is -2.08. The van der Waals surface area contributed by atoms with E-state index in [4.69, 9.17) is 21.6 Å². The van der Waals surface area contributed by atoms with Crippen molar-refractivity contribution in [3.8, 4) is 6.07 Å². The maximum absolute atomic E-state index is 12.0. The van der Waals surface area contributed by atoms with Crippen molar-refractivity contribution in [3.63, 3.8) is 0 Å². The molecule has 0 unspecified atom stereocenters. The van der Waals surface area contributed by atoms with Crippen molar-refractivity contribution in [2.75, 3.05) is 18.5 Å². The Morgan fingerprint density at radius 1 is 1.23 bits per heavy atom. The number of hydrogen-bond acceptors (Lipinski definition) is 7. The maximum Gasteiger partial charge on any atom is 0.308 e. The van der Waals surface area contributed by atoms with E-state index >= 15 is 0 Å². The van der Waals surface area contributed by atoms with Gasteiger partial charge in [0, 0.05) is 10.6 Å². The lowest BCUT2D eigenvalue weighted by atomic mass is 10.2. The number of amidine groups is 1. The SMILES string of the molecule is N#Cc1ccc(Cl)cc1NC(=O)COC(=O)CCN=C1NS(=O)(=O)c2ccccc21. The molecule has 0 bridgehead atoms. The third-order valence-corrected chi connectivity index (χ3v) is 5.62. The summed E-state index contributed by atoms with van der Waals surface area (Å²) in [5, 5.41) is 11.8. The third-order valence-electron chi connectivity index (χ3n) is 3.99. The third kappa shape index (κ3) is 4.94. The Morgan fingerprint density at radius 2 is 2.00 bits per heavy atom. The van der Waals surface area contributed by atoms with E-state index in [1.54, 1.807) is 18.2 Å². The molecule has 1 amide bonds. The molecule has 0 saturated carbocycles. The molecule has 1 aliphatic heterocycles. The summed E-state index contributed by atoms with van der Waals surface area (Å²) >= 11 is 5.84. The molecule has 1 heterocycles. The number of carbonyl (C=O) groups excluding carboxylic acids is 2. The van der Waals surface area contributed by atoms with E-state index in [2.05, 4.69) is 15.0 Å². The van der Waals surface area contributed by atoms with Gasteiger partial charge in [-0.3, -0.25) is 19.3 Å². The highest BCUT2D eigenvalue weighted by Crippen LogP contribution is 2.22. The minimum Gasteiger partial charge on any atom is -0.456 e. The zero-order valence-electron chi connectivity index (χ0n) is 15.4. The van der Waals surface area contributed by atoms with E-state index < -0.39 is 28.5 Å². The van der Waals surface area contributed by atoms with Crippen LogP contribution in [0.1, 0.15) is 17.5 Å². The molecule has 2 N–H and O–H groups in total. The summed E-state index contributed by atoms with van der Waals surface area (Å²) in [5.74, 6) is -1.16. The number of aliphatic imine (C=N–C) groups is 1. The number of rotatable bonds is 6. The van der Waals surface area contributed by atoms with Gasteiger partial charge < -0.3 is 10.1 Å². The van der Waals surface area contributed by atoms with Crippen LogP contribution in [-0.2, 0) is 24.3 Å². The second-order valence-electron chi connectivity index (χ2n) is 6.09. The average Bonchev–Trinajstić information content (AvgIpc) is 2.97. The zero-order valence-corrected chi connectivity index (χ0v) is 17.0. The van der Waals surface area contributed by atoms with Crippen LogP contribution in [0, 0.1) is 11.3 Å². The topological polar surface area (TPSA) is 138 Å². The molecule has 0 spiro atoms. The fourth-order valence-electron chi connectivity index (χ4n) is 2.63. The first kappa shape index (κ1) is 21.3. The number of nitrogens with one attached hydrogen (secondary N) is 2. The number of ether oxygens (including phenoxy) is 1.